The number of nitrogens with zero attached hydrogens (tertiary/aromatic N) is 2. The van der Waals surface area contributed by atoms with E-state index in [0.717, 1.165) is 17.4 Å². The number of hydrogen-bond acceptors (Lipinski definition) is 6. The van der Waals surface area contributed by atoms with Crippen molar-refractivity contribution in [3.63, 3.8) is 0 Å². The van der Waals surface area contributed by atoms with Crippen LogP contribution in [0.15, 0.2) is 11.2 Å². The van der Waals surface area contributed by atoms with Gasteiger partial charge in [-0.2, -0.15) is 0 Å². The largest absolute Gasteiger partial charge is 0.389 e. The molecule has 0 saturated heterocycles. The maximum Gasteiger partial charge on any atom is 0.328 e. The van der Waals surface area contributed by atoms with Crippen molar-refractivity contribution in [1.82, 2.24) is 0 Å². The zero-order valence-corrected chi connectivity index (χ0v) is 6.00. The first kappa shape index (κ1) is 7.61. The topological polar surface area (TPSA) is 98.6 Å². The van der Waals surface area contributed by atoms with Crippen LogP contribution in [0.5, 0.6) is 0 Å². The second-order valence-corrected chi connectivity index (χ2v) is 2.74. The van der Waals surface area contributed by atoms with Gasteiger partial charge >= 0.3 is 5.00 Å². The predicted octanol–water partition coefficient (Wildman–Crippen LogP) is 1.64. The fraction of sp³-hybridized carbons (Fsp3) is 0. The molecular formula is C4H3N3O3S. The minimum Gasteiger partial charge on any atom is -0.389 e. The number of nitrogens with two attached hydrogens (primary N) is 1. The minimum absolute atomic E-state index is 0.0679. The Hall–Kier alpha value is -1.50. The Morgan fingerprint density at radius 1 is 1.73 bits per heavy atom. The molecule has 6 nitrogen and oxygen atoms in total. The lowest BCUT2D eigenvalue weighted by Crippen LogP contribution is -1.80. The average molecular weight is 173 g/mol. The first-order chi connectivity index (χ1) is 5.15. The van der Waals surface area contributed by atoms with Gasteiger partial charge in [-0.25, -0.2) is 0 Å². The fourth-order valence-corrected chi connectivity index (χ4v) is 1.21. The number of nitrogen functional groups attached to an aromatic ring is 1. The SMILES string of the molecule is Nc1sc([N+](=O)[O-])cc1N=O. The Morgan fingerprint density at radius 3 is 2.64 bits per heavy atom. The third kappa shape index (κ3) is 1.32. The molecule has 0 saturated carbocycles. The van der Waals surface area contributed by atoms with E-state index in [1.807, 2.05) is 0 Å². The summed E-state index contributed by atoms with van der Waals surface area (Å²) < 4.78 is 0. The van der Waals surface area contributed by atoms with E-state index in [1.54, 1.807) is 0 Å². The summed E-state index contributed by atoms with van der Waals surface area (Å²) in [5, 5.41) is 12.5. The summed E-state index contributed by atoms with van der Waals surface area (Å²) in [6, 6.07) is 1.05. The van der Waals surface area contributed by atoms with E-state index in [2.05, 4.69) is 5.18 Å². The van der Waals surface area contributed by atoms with Gasteiger partial charge in [0.15, 0.2) is 0 Å². The molecule has 11 heavy (non-hydrogen) atoms. The van der Waals surface area contributed by atoms with E-state index in [4.69, 9.17) is 5.73 Å². The van der Waals surface area contributed by atoms with Crippen LogP contribution >= 0.6 is 11.3 Å². The highest BCUT2D eigenvalue weighted by Crippen LogP contribution is 2.36. The van der Waals surface area contributed by atoms with E-state index in [1.165, 1.54) is 0 Å². The van der Waals surface area contributed by atoms with Gasteiger partial charge in [0.1, 0.15) is 10.7 Å². The van der Waals surface area contributed by atoms with Crippen molar-refractivity contribution in [2.75, 3.05) is 5.73 Å². The maximum atomic E-state index is 10.1. The highest BCUT2D eigenvalue weighted by Gasteiger charge is 2.14. The number of anilines is 1. The molecule has 1 rings (SSSR count). The van der Waals surface area contributed by atoms with E-state index in [-0.39, 0.29) is 15.7 Å². The Bertz CT molecular complexity index is 308. The molecule has 1 heterocycles. The Balaban J connectivity index is 3.14. The molecule has 0 aliphatic rings. The monoisotopic (exact) mass is 173 g/mol. The van der Waals surface area contributed by atoms with Crippen molar-refractivity contribution < 1.29 is 4.92 Å². The van der Waals surface area contributed by atoms with Crippen LogP contribution in [0.4, 0.5) is 15.7 Å². The van der Waals surface area contributed by atoms with Crippen LogP contribution in [0.25, 0.3) is 0 Å². The van der Waals surface area contributed by atoms with Crippen molar-refractivity contribution in [1.29, 1.82) is 0 Å². The summed E-state index contributed by atoms with van der Waals surface area (Å²) >= 11 is 0.732. The van der Waals surface area contributed by atoms with Crippen LogP contribution < -0.4 is 5.73 Å². The summed E-state index contributed by atoms with van der Waals surface area (Å²) in [4.78, 5) is 19.4. The molecular weight excluding hydrogens is 170 g/mol. The second kappa shape index (κ2) is 2.62. The van der Waals surface area contributed by atoms with E-state index in [9.17, 15) is 15.0 Å². The van der Waals surface area contributed by atoms with Crippen LogP contribution in [-0.2, 0) is 0 Å². The number of nitro groups is 1. The van der Waals surface area contributed by atoms with Crippen LogP contribution in [0, 0.1) is 15.0 Å². The molecule has 0 unspecified atom stereocenters. The first-order valence-electron chi connectivity index (χ1n) is 2.52. The lowest BCUT2D eigenvalue weighted by molar-refractivity contribution is -0.380. The Kier molecular flexibility index (Phi) is 1.81. The summed E-state index contributed by atoms with van der Waals surface area (Å²) in [5.74, 6) is 0. The molecule has 7 heteroatoms. The van der Waals surface area contributed by atoms with Gasteiger partial charge in [0.2, 0.25) is 0 Å². The summed E-state index contributed by atoms with van der Waals surface area (Å²) in [5.41, 5.74) is 5.14. The molecule has 0 aliphatic heterocycles. The number of hydrogen-bond donors (Lipinski definition) is 1. The molecule has 0 aromatic carbocycles. The molecule has 2 N–H and O–H groups in total. The van der Waals surface area contributed by atoms with Crippen LogP contribution in [0.1, 0.15) is 0 Å². The van der Waals surface area contributed by atoms with E-state index >= 15 is 0 Å². The van der Waals surface area contributed by atoms with Crippen LogP contribution in [0.3, 0.4) is 0 Å². The molecule has 1 aromatic heterocycles. The third-order valence-electron chi connectivity index (χ3n) is 1.01. The van der Waals surface area contributed by atoms with Crippen molar-refractivity contribution >= 4 is 27.0 Å². The normalized spacial score (nSPS) is 9.45. The summed E-state index contributed by atoms with van der Waals surface area (Å²) in [6.45, 7) is 0. The highest BCUT2D eigenvalue weighted by atomic mass is 32.1. The van der Waals surface area contributed by atoms with E-state index < -0.39 is 4.92 Å². The van der Waals surface area contributed by atoms with Crippen LogP contribution in [-0.4, -0.2) is 4.92 Å². The molecule has 0 bridgehead atoms. The molecule has 0 spiro atoms. The smallest absolute Gasteiger partial charge is 0.328 e. The number of thiophene rings is 1. The van der Waals surface area contributed by atoms with E-state index in [0.29, 0.717) is 0 Å². The molecule has 1 aromatic rings. The van der Waals surface area contributed by atoms with Gasteiger partial charge in [0, 0.05) is 0 Å². The first-order valence-corrected chi connectivity index (χ1v) is 3.34. The van der Waals surface area contributed by atoms with Crippen molar-refractivity contribution in [3.05, 3.63) is 21.1 Å². The van der Waals surface area contributed by atoms with Crippen molar-refractivity contribution in [3.8, 4) is 0 Å². The van der Waals surface area contributed by atoms with Gasteiger partial charge < -0.3 is 5.73 Å². The summed E-state index contributed by atoms with van der Waals surface area (Å²) in [6.07, 6.45) is 0. The third-order valence-corrected chi connectivity index (χ3v) is 1.91. The summed E-state index contributed by atoms with van der Waals surface area (Å²) in [7, 11) is 0. The van der Waals surface area contributed by atoms with Crippen molar-refractivity contribution in [2.45, 2.75) is 0 Å². The highest BCUT2D eigenvalue weighted by molar-refractivity contribution is 7.19. The molecule has 0 amide bonds. The number of rotatable bonds is 2. The average Bonchev–Trinajstić information content (AvgIpc) is 2.31. The molecule has 0 radical (unpaired) electrons. The molecule has 58 valence electrons. The van der Waals surface area contributed by atoms with Gasteiger partial charge in [0.25, 0.3) is 0 Å². The predicted molar refractivity (Wildman–Crippen MR) is 40.8 cm³/mol. The quantitative estimate of drug-likeness (QED) is 0.417. The lowest BCUT2D eigenvalue weighted by Gasteiger charge is -1.78. The lowest BCUT2D eigenvalue weighted by atomic mass is 10.5. The van der Waals surface area contributed by atoms with Gasteiger partial charge in [0.05, 0.1) is 11.0 Å². The van der Waals surface area contributed by atoms with Gasteiger partial charge in [-0.1, -0.05) is 0 Å². The molecule has 0 aliphatic carbocycles. The zero-order chi connectivity index (χ0) is 8.43. The minimum atomic E-state index is -0.615. The van der Waals surface area contributed by atoms with Crippen LogP contribution in [0.2, 0.25) is 0 Å². The molecule has 0 fully saturated rings. The second-order valence-electron chi connectivity index (χ2n) is 1.68. The number of nitroso groups, excluding NO2 is 1. The van der Waals surface area contributed by atoms with Gasteiger partial charge in [-0.3, -0.25) is 10.1 Å². The Morgan fingerprint density at radius 2 is 2.36 bits per heavy atom. The maximum absolute atomic E-state index is 10.1. The van der Waals surface area contributed by atoms with Crippen molar-refractivity contribution in [2.24, 2.45) is 5.18 Å². The standard InChI is InChI=1S/C4H3N3O3S/c5-4-2(6-8)1-3(11-4)7(9)10/h1H,5H2. The van der Waals surface area contributed by atoms with Gasteiger partial charge in [-0.05, 0) is 16.5 Å². The fourth-order valence-electron chi connectivity index (χ4n) is 0.544. The molecule has 0 atom stereocenters. The van der Waals surface area contributed by atoms with Gasteiger partial charge in [-0.15, -0.1) is 4.91 Å². The Labute approximate surface area is 64.8 Å². The zero-order valence-electron chi connectivity index (χ0n) is 5.18.